The normalized spacial score (nSPS) is 10.3. The van der Waals surface area contributed by atoms with Crippen LogP contribution in [0.2, 0.25) is 5.02 Å². The average molecular weight is 246 g/mol. The molecule has 0 saturated heterocycles. The summed E-state index contributed by atoms with van der Waals surface area (Å²) < 4.78 is 36.7. The van der Waals surface area contributed by atoms with E-state index in [1.165, 1.54) is 0 Å². The van der Waals surface area contributed by atoms with Crippen molar-refractivity contribution in [3.05, 3.63) is 27.2 Å². The van der Waals surface area contributed by atoms with Crippen LogP contribution >= 0.6 is 27.5 Å². The van der Waals surface area contributed by atoms with Gasteiger partial charge in [-0.1, -0.05) is 11.6 Å². The lowest BCUT2D eigenvalue weighted by Gasteiger charge is -1.97. The van der Waals surface area contributed by atoms with E-state index in [1.807, 2.05) is 0 Å². The van der Waals surface area contributed by atoms with Gasteiger partial charge < -0.3 is 0 Å². The summed E-state index contributed by atoms with van der Waals surface area (Å²) in [7, 11) is 0. The molecule has 0 spiro atoms. The number of pyridine rings is 1. The van der Waals surface area contributed by atoms with Gasteiger partial charge in [0.1, 0.15) is 9.63 Å². The topological polar surface area (TPSA) is 12.9 Å². The molecule has 1 nitrogen and oxygen atoms in total. The quantitative estimate of drug-likeness (QED) is 0.641. The number of rotatable bonds is 0. The minimum absolute atomic E-state index is 0.531. The van der Waals surface area contributed by atoms with E-state index in [2.05, 4.69) is 20.9 Å². The molecule has 0 saturated carbocycles. The number of aromatic nitrogens is 1. The van der Waals surface area contributed by atoms with E-state index < -0.39 is 27.2 Å². The molecule has 0 fully saturated rings. The lowest BCUT2D eigenvalue weighted by Crippen LogP contribution is -1.95. The highest BCUT2D eigenvalue weighted by molar-refractivity contribution is 9.10. The number of hydrogen-bond acceptors (Lipinski definition) is 1. The van der Waals surface area contributed by atoms with Crippen LogP contribution in [0.1, 0.15) is 0 Å². The molecule has 11 heavy (non-hydrogen) atoms. The van der Waals surface area contributed by atoms with Crippen LogP contribution < -0.4 is 0 Å². The van der Waals surface area contributed by atoms with Gasteiger partial charge >= 0.3 is 0 Å². The maximum absolute atomic E-state index is 12.4. The van der Waals surface area contributed by atoms with Gasteiger partial charge in [0.15, 0.2) is 11.6 Å². The van der Waals surface area contributed by atoms with Gasteiger partial charge in [0.05, 0.1) is 0 Å². The summed E-state index contributed by atoms with van der Waals surface area (Å²) in [6.45, 7) is 0. The maximum atomic E-state index is 12.4. The summed E-state index contributed by atoms with van der Waals surface area (Å²) in [5, 5.41) is -0.939. The molecular formula is C5BrClF3N. The third-order valence-corrected chi connectivity index (χ3v) is 1.79. The molecule has 1 heterocycles. The van der Waals surface area contributed by atoms with Gasteiger partial charge in [-0.2, -0.15) is 4.39 Å². The first-order chi connectivity index (χ1) is 5.04. The Labute approximate surface area is 73.3 Å². The summed E-state index contributed by atoms with van der Waals surface area (Å²) in [6.07, 6.45) is 0. The summed E-state index contributed by atoms with van der Waals surface area (Å²) in [6, 6.07) is 0. The molecular weight excluding hydrogens is 246 g/mol. The van der Waals surface area contributed by atoms with Crippen LogP contribution in [0.4, 0.5) is 13.2 Å². The zero-order valence-electron chi connectivity index (χ0n) is 4.84. The Kier molecular flexibility index (Phi) is 2.39. The highest BCUT2D eigenvalue weighted by Crippen LogP contribution is 2.24. The van der Waals surface area contributed by atoms with Crippen molar-refractivity contribution in [2.45, 2.75) is 0 Å². The molecule has 0 aliphatic rings. The molecule has 6 heteroatoms. The van der Waals surface area contributed by atoms with E-state index in [-0.39, 0.29) is 0 Å². The number of nitrogens with zero attached hydrogens (tertiary/aromatic N) is 1. The lowest BCUT2D eigenvalue weighted by molar-refractivity contribution is 0.473. The van der Waals surface area contributed by atoms with E-state index in [1.54, 1.807) is 0 Å². The van der Waals surface area contributed by atoms with Crippen molar-refractivity contribution in [3.8, 4) is 0 Å². The largest absolute Gasteiger partial charge is 0.235 e. The van der Waals surface area contributed by atoms with Gasteiger partial charge in [0, 0.05) is 0 Å². The smallest absolute Gasteiger partial charge is 0.208 e. The van der Waals surface area contributed by atoms with Gasteiger partial charge in [-0.05, 0) is 15.9 Å². The molecule has 0 bridgehead atoms. The first-order valence-electron chi connectivity index (χ1n) is 2.39. The monoisotopic (exact) mass is 245 g/mol. The zero-order chi connectivity index (χ0) is 8.59. The number of halogens is 5. The highest BCUT2D eigenvalue weighted by atomic mass is 79.9. The molecule has 0 aliphatic carbocycles. The van der Waals surface area contributed by atoms with Crippen LogP contribution in [0.3, 0.4) is 0 Å². The Balaban J connectivity index is 3.46. The van der Waals surface area contributed by atoms with Crippen molar-refractivity contribution >= 4 is 27.5 Å². The molecule has 1 aromatic heterocycles. The van der Waals surface area contributed by atoms with Crippen LogP contribution in [-0.2, 0) is 0 Å². The Morgan fingerprint density at radius 2 is 1.73 bits per heavy atom. The SMILES string of the molecule is Fc1nc(Br)c(F)c(F)c1Cl. The van der Waals surface area contributed by atoms with E-state index in [9.17, 15) is 13.2 Å². The van der Waals surface area contributed by atoms with Crippen molar-refractivity contribution in [2.75, 3.05) is 0 Å². The van der Waals surface area contributed by atoms with Crippen LogP contribution in [-0.4, -0.2) is 4.98 Å². The molecule has 0 aliphatic heterocycles. The van der Waals surface area contributed by atoms with Crippen molar-refractivity contribution in [1.29, 1.82) is 0 Å². The van der Waals surface area contributed by atoms with Gasteiger partial charge in [-0.15, -0.1) is 0 Å². The van der Waals surface area contributed by atoms with Crippen LogP contribution in [0.5, 0.6) is 0 Å². The lowest BCUT2D eigenvalue weighted by atomic mass is 10.4. The minimum Gasteiger partial charge on any atom is -0.208 e. The third-order valence-electron chi connectivity index (χ3n) is 0.944. The second-order valence-corrected chi connectivity index (χ2v) is 2.76. The van der Waals surface area contributed by atoms with E-state index in [4.69, 9.17) is 11.6 Å². The molecule has 1 aromatic rings. The van der Waals surface area contributed by atoms with Crippen LogP contribution in [0.15, 0.2) is 4.60 Å². The predicted molar refractivity (Wildman–Crippen MR) is 36.8 cm³/mol. The van der Waals surface area contributed by atoms with E-state index in [0.717, 1.165) is 0 Å². The first-order valence-corrected chi connectivity index (χ1v) is 3.56. The third kappa shape index (κ3) is 1.49. The second-order valence-electron chi connectivity index (χ2n) is 1.64. The van der Waals surface area contributed by atoms with Crippen LogP contribution in [0.25, 0.3) is 0 Å². The Bertz CT molecular complexity index is 278. The molecule has 0 aromatic carbocycles. The minimum atomic E-state index is -1.44. The Morgan fingerprint density at radius 1 is 1.18 bits per heavy atom. The molecule has 1 rings (SSSR count). The van der Waals surface area contributed by atoms with Crippen LogP contribution in [0, 0.1) is 17.6 Å². The van der Waals surface area contributed by atoms with E-state index in [0.29, 0.717) is 0 Å². The summed E-state index contributed by atoms with van der Waals surface area (Å²) >= 11 is 7.49. The van der Waals surface area contributed by atoms with Crippen molar-refractivity contribution in [3.63, 3.8) is 0 Å². The fraction of sp³-hybridized carbons (Fsp3) is 0. The molecule has 0 radical (unpaired) electrons. The van der Waals surface area contributed by atoms with Crippen molar-refractivity contribution in [1.82, 2.24) is 4.98 Å². The van der Waals surface area contributed by atoms with Gasteiger partial charge in [-0.25, -0.2) is 13.8 Å². The van der Waals surface area contributed by atoms with E-state index >= 15 is 0 Å². The molecule has 0 amide bonds. The van der Waals surface area contributed by atoms with Crippen molar-refractivity contribution in [2.24, 2.45) is 0 Å². The Morgan fingerprint density at radius 3 is 2.27 bits per heavy atom. The molecule has 0 atom stereocenters. The first kappa shape index (κ1) is 8.80. The van der Waals surface area contributed by atoms with Gasteiger partial charge in [-0.3, -0.25) is 0 Å². The predicted octanol–water partition coefficient (Wildman–Crippen LogP) is 2.91. The van der Waals surface area contributed by atoms with Crippen molar-refractivity contribution < 1.29 is 13.2 Å². The highest BCUT2D eigenvalue weighted by Gasteiger charge is 2.16. The Hall–Kier alpha value is -0.290. The number of hydrogen-bond donors (Lipinski definition) is 0. The summed E-state index contributed by atoms with van der Waals surface area (Å²) in [4.78, 5) is 2.94. The molecule has 0 unspecified atom stereocenters. The van der Waals surface area contributed by atoms with Gasteiger partial charge in [0.2, 0.25) is 5.95 Å². The summed E-state index contributed by atoms with van der Waals surface area (Å²) in [5.74, 6) is -3.97. The van der Waals surface area contributed by atoms with Gasteiger partial charge in [0.25, 0.3) is 0 Å². The molecule has 0 N–H and O–H groups in total. The summed E-state index contributed by atoms with van der Waals surface area (Å²) in [5.41, 5.74) is 0. The standard InChI is InChI=1S/C5BrClF3N/c6-4-3(9)2(8)1(7)5(10)11-4. The maximum Gasteiger partial charge on any atom is 0.235 e. The fourth-order valence-corrected chi connectivity index (χ4v) is 0.917. The fourth-order valence-electron chi connectivity index (χ4n) is 0.462. The zero-order valence-corrected chi connectivity index (χ0v) is 7.18. The average Bonchev–Trinajstić information content (AvgIpc) is 1.97. The second kappa shape index (κ2) is 2.98. The molecule has 60 valence electrons.